The highest BCUT2D eigenvalue weighted by Crippen LogP contribution is 2.42. The number of aliphatic hydroxyl groups excluding tert-OH is 1. The van der Waals surface area contributed by atoms with Crippen molar-refractivity contribution in [3.63, 3.8) is 0 Å². The summed E-state index contributed by atoms with van der Waals surface area (Å²) in [6, 6.07) is 23.5. The lowest BCUT2D eigenvalue weighted by molar-refractivity contribution is -0.276. The minimum atomic E-state index is -1.00. The maximum Gasteiger partial charge on any atom is 0.303 e. The fraction of sp³-hybridized carbons (Fsp3) is 0.303. The molecule has 1 aliphatic heterocycles. The molecule has 44 heavy (non-hydrogen) atoms. The summed E-state index contributed by atoms with van der Waals surface area (Å²) in [6.45, 7) is 2.78. The Balaban J connectivity index is 1.34. The van der Waals surface area contributed by atoms with Crippen LogP contribution < -0.4 is 5.32 Å². The van der Waals surface area contributed by atoms with Gasteiger partial charge in [-0.1, -0.05) is 96.9 Å². The zero-order chi connectivity index (χ0) is 31.2. The Labute approximate surface area is 265 Å². The SMILES string of the molecule is C[C@@H]1[C@H](Cn2cnc(Cl)c2Cl)O[C@H](c2ccc(-c3cccc(CNC(=O)CCC(=O)O)c3)cc2)O[C@@H]1c1ccc(CO)cc1. The number of ether oxygens (including phenoxy) is 2. The fourth-order valence-corrected chi connectivity index (χ4v) is 5.51. The summed E-state index contributed by atoms with van der Waals surface area (Å²) < 4.78 is 14.8. The lowest BCUT2D eigenvalue weighted by Crippen LogP contribution is -2.39. The van der Waals surface area contributed by atoms with E-state index in [0.717, 1.165) is 33.4 Å². The molecule has 0 saturated carbocycles. The standard InChI is InChI=1S/C33H33Cl2N3O6/c1-20-27(17-38-19-37-31(34)32(38)35)43-33(44-30(20)24-7-5-21(18-39)6-8-24)25-11-9-23(10-12-25)26-4-2-3-22(15-26)16-36-28(40)13-14-29(41)42/h2-12,15,19-20,27,30,33,39H,13-14,16-18H2,1H3,(H,36,40)(H,41,42)/t20-,27+,30+,33+/m1/s1. The van der Waals surface area contributed by atoms with Gasteiger partial charge in [0.25, 0.3) is 0 Å². The van der Waals surface area contributed by atoms with Crippen molar-refractivity contribution < 1.29 is 29.3 Å². The second kappa shape index (κ2) is 14.4. The van der Waals surface area contributed by atoms with Crippen molar-refractivity contribution in [2.24, 2.45) is 5.92 Å². The van der Waals surface area contributed by atoms with Crippen LogP contribution in [0.5, 0.6) is 0 Å². The fourth-order valence-electron chi connectivity index (χ4n) is 5.20. The zero-order valence-electron chi connectivity index (χ0n) is 24.0. The van der Waals surface area contributed by atoms with E-state index in [-0.39, 0.29) is 48.6 Å². The van der Waals surface area contributed by atoms with Gasteiger partial charge in [0.1, 0.15) is 5.15 Å². The van der Waals surface area contributed by atoms with E-state index in [1.54, 1.807) is 10.9 Å². The number of rotatable bonds is 11. The van der Waals surface area contributed by atoms with Crippen LogP contribution in [0.1, 0.15) is 54.4 Å². The first-order valence-electron chi connectivity index (χ1n) is 14.3. The summed E-state index contributed by atoms with van der Waals surface area (Å²) in [4.78, 5) is 26.8. The molecule has 0 spiro atoms. The summed E-state index contributed by atoms with van der Waals surface area (Å²) in [7, 11) is 0. The molecule has 0 aliphatic carbocycles. The number of nitrogens with zero attached hydrogens (tertiary/aromatic N) is 2. The van der Waals surface area contributed by atoms with Gasteiger partial charge in [-0.05, 0) is 33.9 Å². The molecule has 0 radical (unpaired) electrons. The number of aliphatic carboxylic acids is 1. The molecule has 1 aliphatic rings. The quantitative estimate of drug-likeness (QED) is 0.176. The molecule has 9 nitrogen and oxygen atoms in total. The summed E-state index contributed by atoms with van der Waals surface area (Å²) in [5, 5.41) is 21.6. The first kappa shape index (κ1) is 31.7. The van der Waals surface area contributed by atoms with Crippen LogP contribution in [0.4, 0.5) is 0 Å². The van der Waals surface area contributed by atoms with Crippen molar-refractivity contribution >= 4 is 35.1 Å². The molecule has 11 heteroatoms. The maximum absolute atomic E-state index is 11.9. The number of carbonyl (C=O) groups is 2. The largest absolute Gasteiger partial charge is 0.481 e. The minimum Gasteiger partial charge on any atom is -0.481 e. The van der Waals surface area contributed by atoms with Crippen LogP contribution in [0.2, 0.25) is 10.3 Å². The van der Waals surface area contributed by atoms with Gasteiger partial charge in [0.2, 0.25) is 5.91 Å². The van der Waals surface area contributed by atoms with E-state index in [1.165, 1.54) is 0 Å². The smallest absolute Gasteiger partial charge is 0.303 e. The molecule has 1 amide bonds. The third kappa shape index (κ3) is 7.67. The Kier molecular flexibility index (Phi) is 10.3. The number of hydrogen-bond acceptors (Lipinski definition) is 6. The normalized spacial score (nSPS) is 19.9. The van der Waals surface area contributed by atoms with Gasteiger partial charge in [-0.2, -0.15) is 0 Å². The molecule has 0 bridgehead atoms. The van der Waals surface area contributed by atoms with Crippen LogP contribution in [0.25, 0.3) is 11.1 Å². The Hall–Kier alpha value is -3.73. The monoisotopic (exact) mass is 637 g/mol. The Morgan fingerprint density at radius 2 is 1.66 bits per heavy atom. The molecular formula is C33H33Cl2N3O6. The first-order valence-corrected chi connectivity index (χ1v) is 15.0. The average molecular weight is 639 g/mol. The number of aliphatic hydroxyl groups is 1. The molecule has 1 fully saturated rings. The van der Waals surface area contributed by atoms with E-state index in [4.69, 9.17) is 37.8 Å². The molecule has 3 aromatic carbocycles. The van der Waals surface area contributed by atoms with E-state index < -0.39 is 12.3 Å². The van der Waals surface area contributed by atoms with E-state index in [0.29, 0.717) is 18.2 Å². The average Bonchev–Trinajstić information content (AvgIpc) is 3.36. The van der Waals surface area contributed by atoms with Crippen molar-refractivity contribution in [2.75, 3.05) is 0 Å². The Bertz CT molecular complexity index is 1590. The van der Waals surface area contributed by atoms with Crippen LogP contribution in [-0.2, 0) is 38.8 Å². The lowest BCUT2D eigenvalue weighted by Gasteiger charge is -2.41. The van der Waals surface area contributed by atoms with Crippen LogP contribution in [-0.4, -0.2) is 37.7 Å². The molecule has 4 aromatic rings. The highest BCUT2D eigenvalue weighted by Gasteiger charge is 2.38. The number of imidazole rings is 1. The topological polar surface area (TPSA) is 123 Å². The molecule has 2 heterocycles. The van der Waals surface area contributed by atoms with Gasteiger partial charge >= 0.3 is 5.97 Å². The van der Waals surface area contributed by atoms with Gasteiger partial charge in [-0.15, -0.1) is 0 Å². The van der Waals surface area contributed by atoms with E-state index in [9.17, 15) is 14.7 Å². The van der Waals surface area contributed by atoms with Gasteiger partial charge in [0.15, 0.2) is 11.4 Å². The third-order valence-electron chi connectivity index (χ3n) is 7.73. The molecule has 0 unspecified atom stereocenters. The zero-order valence-corrected chi connectivity index (χ0v) is 25.5. The number of benzene rings is 3. The van der Waals surface area contributed by atoms with Crippen molar-refractivity contribution in [1.29, 1.82) is 0 Å². The van der Waals surface area contributed by atoms with Crippen LogP contribution in [0, 0.1) is 5.92 Å². The third-order valence-corrected chi connectivity index (χ3v) is 8.50. The number of nitrogens with one attached hydrogen (secondary N) is 1. The van der Waals surface area contributed by atoms with Gasteiger partial charge in [-0.25, -0.2) is 4.98 Å². The van der Waals surface area contributed by atoms with Crippen LogP contribution in [0.15, 0.2) is 79.1 Å². The van der Waals surface area contributed by atoms with Gasteiger partial charge < -0.3 is 29.6 Å². The summed E-state index contributed by atoms with van der Waals surface area (Å²) in [5.74, 6) is -1.35. The van der Waals surface area contributed by atoms with E-state index in [1.807, 2.05) is 72.8 Å². The van der Waals surface area contributed by atoms with E-state index >= 15 is 0 Å². The van der Waals surface area contributed by atoms with E-state index in [2.05, 4.69) is 17.2 Å². The van der Waals surface area contributed by atoms with Gasteiger partial charge in [-0.3, -0.25) is 9.59 Å². The number of halogens is 2. The van der Waals surface area contributed by atoms with Crippen molar-refractivity contribution in [3.05, 3.63) is 112 Å². The summed E-state index contributed by atoms with van der Waals surface area (Å²) in [5.41, 5.74) is 5.50. The molecule has 230 valence electrons. The molecule has 3 N–H and O–H groups in total. The number of carbonyl (C=O) groups excluding carboxylic acids is 1. The molecule has 1 saturated heterocycles. The lowest BCUT2D eigenvalue weighted by atomic mass is 9.90. The highest BCUT2D eigenvalue weighted by molar-refractivity contribution is 6.40. The predicted molar refractivity (Wildman–Crippen MR) is 166 cm³/mol. The van der Waals surface area contributed by atoms with Crippen molar-refractivity contribution in [3.8, 4) is 11.1 Å². The number of carboxylic acid groups (broad SMARTS) is 1. The second-order valence-corrected chi connectivity index (χ2v) is 11.5. The van der Waals surface area contributed by atoms with Gasteiger partial charge in [0, 0.05) is 24.4 Å². The number of aromatic nitrogens is 2. The molecular weight excluding hydrogens is 605 g/mol. The number of hydrogen-bond donors (Lipinski definition) is 3. The number of carboxylic acids is 1. The van der Waals surface area contributed by atoms with Crippen LogP contribution in [0.3, 0.4) is 0 Å². The molecule has 1 aromatic heterocycles. The first-order chi connectivity index (χ1) is 21.2. The molecule has 5 rings (SSSR count). The van der Waals surface area contributed by atoms with Crippen molar-refractivity contribution in [1.82, 2.24) is 14.9 Å². The second-order valence-electron chi connectivity index (χ2n) is 10.8. The Morgan fingerprint density at radius 1 is 0.932 bits per heavy atom. The molecule has 4 atom stereocenters. The van der Waals surface area contributed by atoms with Crippen LogP contribution >= 0.6 is 23.2 Å². The van der Waals surface area contributed by atoms with Gasteiger partial charge in [0.05, 0.1) is 38.1 Å². The Morgan fingerprint density at radius 3 is 2.32 bits per heavy atom. The maximum atomic E-state index is 11.9. The summed E-state index contributed by atoms with van der Waals surface area (Å²) >= 11 is 12.5. The highest BCUT2D eigenvalue weighted by atomic mass is 35.5. The predicted octanol–water partition coefficient (Wildman–Crippen LogP) is 6.32. The summed E-state index contributed by atoms with van der Waals surface area (Å²) in [6.07, 6.45) is 0.125. The number of amides is 1. The van der Waals surface area contributed by atoms with Crippen molar-refractivity contribution in [2.45, 2.75) is 58.0 Å². The minimum absolute atomic E-state index is 0.0354.